The number of hydrogen-bond donors (Lipinski definition) is 1. The number of aryl methyl sites for hydroxylation is 4. The van der Waals surface area contributed by atoms with Crippen molar-refractivity contribution in [1.82, 2.24) is 4.98 Å². The van der Waals surface area contributed by atoms with Gasteiger partial charge in [0.2, 0.25) is 5.89 Å². The summed E-state index contributed by atoms with van der Waals surface area (Å²) in [6, 6.07) is 4.34. The zero-order valence-corrected chi connectivity index (χ0v) is 10.8. The number of nitrogens with two attached hydrogens (primary N) is 1. The molecule has 0 atom stereocenters. The van der Waals surface area contributed by atoms with E-state index in [2.05, 4.69) is 37.9 Å². The minimum absolute atomic E-state index is 0.338. The van der Waals surface area contributed by atoms with E-state index in [4.69, 9.17) is 10.2 Å². The molecule has 17 heavy (non-hydrogen) atoms. The highest BCUT2D eigenvalue weighted by molar-refractivity contribution is 5.66. The van der Waals surface area contributed by atoms with Gasteiger partial charge >= 0.3 is 0 Å². The number of nitrogens with zero attached hydrogens (tertiary/aromatic N) is 1. The number of benzene rings is 1. The number of aromatic nitrogens is 1. The lowest BCUT2D eigenvalue weighted by molar-refractivity contribution is 0.474. The average Bonchev–Trinajstić information content (AvgIpc) is 2.65. The minimum Gasteiger partial charge on any atom is -0.444 e. The van der Waals surface area contributed by atoms with E-state index in [1.807, 2.05) is 6.92 Å². The average molecular weight is 230 g/mol. The van der Waals surface area contributed by atoms with Gasteiger partial charge in [-0.1, -0.05) is 6.07 Å². The highest BCUT2D eigenvalue weighted by Gasteiger charge is 2.13. The van der Waals surface area contributed by atoms with Gasteiger partial charge < -0.3 is 10.2 Å². The lowest BCUT2D eigenvalue weighted by atomic mass is 9.98. The molecule has 0 aliphatic heterocycles. The fourth-order valence-corrected chi connectivity index (χ4v) is 2.00. The van der Waals surface area contributed by atoms with E-state index in [1.54, 1.807) is 0 Å². The van der Waals surface area contributed by atoms with Gasteiger partial charge in [-0.3, -0.25) is 0 Å². The quantitative estimate of drug-likeness (QED) is 0.862. The van der Waals surface area contributed by atoms with Gasteiger partial charge in [-0.25, -0.2) is 4.98 Å². The van der Waals surface area contributed by atoms with Crippen LogP contribution in [0.1, 0.15) is 28.3 Å². The first-order chi connectivity index (χ1) is 8.02. The lowest BCUT2D eigenvalue weighted by Crippen LogP contribution is -1.96. The van der Waals surface area contributed by atoms with Crippen molar-refractivity contribution in [2.75, 3.05) is 0 Å². The summed E-state index contributed by atoms with van der Waals surface area (Å²) in [6.45, 7) is 8.59. The fraction of sp³-hybridized carbons (Fsp3) is 0.357. The molecule has 0 fully saturated rings. The lowest BCUT2D eigenvalue weighted by Gasteiger charge is -2.07. The molecule has 0 amide bonds. The maximum absolute atomic E-state index is 5.55. The van der Waals surface area contributed by atoms with Crippen molar-refractivity contribution in [3.8, 4) is 11.3 Å². The maximum Gasteiger partial charge on any atom is 0.208 e. The second kappa shape index (κ2) is 4.34. The first kappa shape index (κ1) is 11.9. The minimum atomic E-state index is 0.338. The van der Waals surface area contributed by atoms with Crippen LogP contribution in [-0.2, 0) is 6.54 Å². The smallest absolute Gasteiger partial charge is 0.208 e. The van der Waals surface area contributed by atoms with E-state index < -0.39 is 0 Å². The van der Waals surface area contributed by atoms with Gasteiger partial charge in [0.25, 0.3) is 0 Å². The number of rotatable bonds is 2. The van der Waals surface area contributed by atoms with Crippen molar-refractivity contribution in [3.63, 3.8) is 0 Å². The monoisotopic (exact) mass is 230 g/mol. The Kier molecular flexibility index (Phi) is 3.03. The number of oxazole rings is 1. The first-order valence-corrected chi connectivity index (χ1v) is 5.77. The van der Waals surface area contributed by atoms with Crippen LogP contribution < -0.4 is 5.73 Å². The topological polar surface area (TPSA) is 52.0 Å². The highest BCUT2D eigenvalue weighted by atomic mass is 16.4. The van der Waals surface area contributed by atoms with Crippen molar-refractivity contribution < 1.29 is 4.42 Å². The molecule has 1 heterocycles. The van der Waals surface area contributed by atoms with Crippen molar-refractivity contribution in [1.29, 1.82) is 0 Å². The predicted octanol–water partition coefficient (Wildman–Crippen LogP) is 3.03. The molecular weight excluding hydrogens is 212 g/mol. The van der Waals surface area contributed by atoms with Gasteiger partial charge in [0.15, 0.2) is 0 Å². The van der Waals surface area contributed by atoms with E-state index in [9.17, 15) is 0 Å². The van der Waals surface area contributed by atoms with Crippen molar-refractivity contribution in [3.05, 3.63) is 40.5 Å². The zero-order chi connectivity index (χ0) is 12.6. The van der Waals surface area contributed by atoms with Crippen LogP contribution in [0.25, 0.3) is 11.3 Å². The van der Waals surface area contributed by atoms with Crippen LogP contribution in [0.4, 0.5) is 0 Å². The van der Waals surface area contributed by atoms with Crippen molar-refractivity contribution in [2.24, 2.45) is 5.73 Å². The molecule has 90 valence electrons. The van der Waals surface area contributed by atoms with Crippen molar-refractivity contribution in [2.45, 2.75) is 34.2 Å². The molecule has 0 unspecified atom stereocenters. The summed E-state index contributed by atoms with van der Waals surface area (Å²) in [5.74, 6) is 1.42. The Balaban J connectivity index is 2.59. The molecule has 0 aliphatic carbocycles. The van der Waals surface area contributed by atoms with Crippen LogP contribution in [-0.4, -0.2) is 4.98 Å². The Morgan fingerprint density at radius 1 is 1.06 bits per heavy atom. The van der Waals surface area contributed by atoms with Crippen LogP contribution in [0, 0.1) is 27.7 Å². The zero-order valence-electron chi connectivity index (χ0n) is 10.8. The highest BCUT2D eigenvalue weighted by Crippen LogP contribution is 2.28. The summed E-state index contributed by atoms with van der Waals surface area (Å²) in [5, 5.41) is 0. The van der Waals surface area contributed by atoms with E-state index in [0.29, 0.717) is 12.4 Å². The summed E-state index contributed by atoms with van der Waals surface area (Å²) in [7, 11) is 0. The summed E-state index contributed by atoms with van der Waals surface area (Å²) in [6.07, 6.45) is 0. The largest absolute Gasteiger partial charge is 0.444 e. The Labute approximate surface area is 102 Å². The Morgan fingerprint density at radius 2 is 1.71 bits per heavy atom. The molecule has 0 bridgehead atoms. The van der Waals surface area contributed by atoms with Crippen molar-refractivity contribution >= 4 is 0 Å². The summed E-state index contributed by atoms with van der Waals surface area (Å²) in [5.41, 5.74) is 11.4. The molecule has 0 aliphatic rings. The summed E-state index contributed by atoms with van der Waals surface area (Å²) in [4.78, 5) is 4.44. The molecule has 2 N–H and O–H groups in total. The number of hydrogen-bond acceptors (Lipinski definition) is 3. The molecule has 3 nitrogen and oxygen atoms in total. The maximum atomic E-state index is 5.55. The van der Waals surface area contributed by atoms with Gasteiger partial charge in [0, 0.05) is 5.56 Å². The second-order valence-electron chi connectivity index (χ2n) is 4.47. The molecule has 0 saturated heterocycles. The molecule has 1 aromatic heterocycles. The normalized spacial score (nSPS) is 10.9. The molecule has 2 aromatic rings. The van der Waals surface area contributed by atoms with Crippen LogP contribution in [0.2, 0.25) is 0 Å². The summed E-state index contributed by atoms with van der Waals surface area (Å²) < 4.78 is 5.51. The van der Waals surface area contributed by atoms with Crippen LogP contribution in [0.15, 0.2) is 16.5 Å². The van der Waals surface area contributed by atoms with Gasteiger partial charge in [0.1, 0.15) is 11.5 Å². The Hall–Kier alpha value is -1.61. The van der Waals surface area contributed by atoms with Gasteiger partial charge in [0.05, 0.1) is 6.54 Å². The molecular formula is C14H18N2O. The molecule has 0 saturated carbocycles. The third-order valence-corrected chi connectivity index (χ3v) is 3.11. The Morgan fingerprint density at radius 3 is 2.29 bits per heavy atom. The molecule has 2 rings (SSSR count). The molecule has 1 aromatic carbocycles. The first-order valence-electron chi connectivity index (χ1n) is 5.77. The van der Waals surface area contributed by atoms with Gasteiger partial charge in [-0.2, -0.15) is 0 Å². The standard InChI is InChI=1S/C14H18N2O/c1-8-5-10(3)12(6-9(8)2)14-11(4)17-13(7-15)16-14/h5-6H,7,15H2,1-4H3. The predicted molar refractivity (Wildman–Crippen MR) is 68.8 cm³/mol. The van der Waals surface area contributed by atoms with E-state index in [-0.39, 0.29) is 0 Å². The van der Waals surface area contributed by atoms with E-state index >= 15 is 0 Å². The van der Waals surface area contributed by atoms with E-state index in [1.165, 1.54) is 16.7 Å². The van der Waals surface area contributed by atoms with Crippen LogP contribution in [0.3, 0.4) is 0 Å². The van der Waals surface area contributed by atoms with Crippen LogP contribution >= 0.6 is 0 Å². The SMILES string of the molecule is Cc1cc(C)c(-c2nc(CN)oc2C)cc1C. The molecule has 0 spiro atoms. The Bertz CT molecular complexity index is 556. The van der Waals surface area contributed by atoms with Gasteiger partial charge in [-0.05, 0) is 50.5 Å². The van der Waals surface area contributed by atoms with E-state index in [0.717, 1.165) is 17.0 Å². The third kappa shape index (κ3) is 2.11. The van der Waals surface area contributed by atoms with Crippen LogP contribution in [0.5, 0.6) is 0 Å². The summed E-state index contributed by atoms with van der Waals surface area (Å²) >= 11 is 0. The van der Waals surface area contributed by atoms with Gasteiger partial charge in [-0.15, -0.1) is 0 Å². The fourth-order valence-electron chi connectivity index (χ4n) is 2.00. The second-order valence-corrected chi connectivity index (χ2v) is 4.47. The third-order valence-electron chi connectivity index (χ3n) is 3.11. The molecule has 0 radical (unpaired) electrons. The molecule has 3 heteroatoms.